The van der Waals surface area contributed by atoms with E-state index >= 15 is 0 Å². The summed E-state index contributed by atoms with van der Waals surface area (Å²) in [5.41, 5.74) is 0. The Morgan fingerprint density at radius 3 is 2.88 bits per heavy atom. The van der Waals surface area contributed by atoms with Crippen molar-refractivity contribution in [3.05, 3.63) is 10.7 Å². The van der Waals surface area contributed by atoms with E-state index in [1.54, 1.807) is 13.1 Å². The molecule has 0 aliphatic heterocycles. The smallest absolute Gasteiger partial charge is 0.225 e. The summed E-state index contributed by atoms with van der Waals surface area (Å²) in [6.45, 7) is 0. The van der Waals surface area contributed by atoms with Crippen LogP contribution in [0.2, 0.25) is 0 Å². The standard InChI is InChI=1S/C4H5BrN2O/c1-6-4-2-3(5)7-8-4/h2,6H,1H3. The predicted molar refractivity (Wildman–Crippen MR) is 33.7 cm³/mol. The predicted octanol–water partition coefficient (Wildman–Crippen LogP) is 1.48. The van der Waals surface area contributed by atoms with Gasteiger partial charge in [-0.25, -0.2) is 0 Å². The van der Waals surface area contributed by atoms with Crippen LogP contribution >= 0.6 is 15.9 Å². The highest BCUT2D eigenvalue weighted by Gasteiger charge is 1.94. The minimum absolute atomic E-state index is 0.664. The van der Waals surface area contributed by atoms with Gasteiger partial charge in [0.25, 0.3) is 0 Å². The molecule has 0 spiro atoms. The molecule has 3 nitrogen and oxygen atoms in total. The van der Waals surface area contributed by atoms with Crippen molar-refractivity contribution in [1.29, 1.82) is 0 Å². The first kappa shape index (κ1) is 5.62. The van der Waals surface area contributed by atoms with E-state index in [0.29, 0.717) is 10.5 Å². The highest BCUT2D eigenvalue weighted by molar-refractivity contribution is 9.10. The van der Waals surface area contributed by atoms with Crippen molar-refractivity contribution in [1.82, 2.24) is 5.16 Å². The van der Waals surface area contributed by atoms with Gasteiger partial charge in [0, 0.05) is 13.1 Å². The Morgan fingerprint density at radius 2 is 2.62 bits per heavy atom. The van der Waals surface area contributed by atoms with Crippen LogP contribution in [0.4, 0.5) is 5.88 Å². The van der Waals surface area contributed by atoms with Crippen LogP contribution in [-0.4, -0.2) is 12.2 Å². The van der Waals surface area contributed by atoms with E-state index in [0.717, 1.165) is 0 Å². The number of halogens is 1. The van der Waals surface area contributed by atoms with E-state index in [4.69, 9.17) is 4.52 Å². The largest absolute Gasteiger partial charge is 0.357 e. The molecule has 0 amide bonds. The second-order valence-corrected chi connectivity index (χ2v) is 2.08. The molecule has 0 aliphatic carbocycles. The Labute approximate surface area is 55.2 Å². The third kappa shape index (κ3) is 1.01. The summed E-state index contributed by atoms with van der Waals surface area (Å²) in [5.74, 6) is 0.664. The van der Waals surface area contributed by atoms with E-state index in [1.165, 1.54) is 0 Å². The Morgan fingerprint density at radius 1 is 1.88 bits per heavy atom. The number of hydrogen-bond donors (Lipinski definition) is 1. The van der Waals surface area contributed by atoms with E-state index in [1.807, 2.05) is 0 Å². The Hall–Kier alpha value is -0.510. The fourth-order valence-electron chi connectivity index (χ4n) is 0.371. The lowest BCUT2D eigenvalue weighted by Gasteiger charge is -1.83. The molecule has 0 bridgehead atoms. The first-order valence-electron chi connectivity index (χ1n) is 2.13. The van der Waals surface area contributed by atoms with Gasteiger partial charge in [-0.05, 0) is 15.9 Å². The first-order chi connectivity index (χ1) is 3.83. The summed E-state index contributed by atoms with van der Waals surface area (Å²) in [7, 11) is 1.77. The second-order valence-electron chi connectivity index (χ2n) is 1.26. The van der Waals surface area contributed by atoms with Crippen LogP contribution in [0.1, 0.15) is 0 Å². The van der Waals surface area contributed by atoms with E-state index in [-0.39, 0.29) is 0 Å². The maximum atomic E-state index is 4.71. The molecule has 0 saturated heterocycles. The SMILES string of the molecule is CNc1cc(Br)no1. The molecular weight excluding hydrogens is 172 g/mol. The van der Waals surface area contributed by atoms with E-state index < -0.39 is 0 Å². The van der Waals surface area contributed by atoms with Crippen LogP contribution < -0.4 is 5.32 Å². The fourth-order valence-corrected chi connectivity index (χ4v) is 0.652. The number of nitrogens with one attached hydrogen (secondary N) is 1. The molecule has 4 heteroatoms. The molecule has 1 aromatic rings. The molecule has 0 saturated carbocycles. The number of rotatable bonds is 1. The average molecular weight is 177 g/mol. The van der Waals surface area contributed by atoms with Crippen molar-refractivity contribution in [3.63, 3.8) is 0 Å². The molecule has 0 aliphatic rings. The van der Waals surface area contributed by atoms with Gasteiger partial charge in [-0.2, -0.15) is 0 Å². The van der Waals surface area contributed by atoms with Gasteiger partial charge in [-0.3, -0.25) is 0 Å². The van der Waals surface area contributed by atoms with Crippen molar-refractivity contribution in [3.8, 4) is 0 Å². The number of anilines is 1. The Bertz CT molecular complexity index is 174. The second kappa shape index (κ2) is 2.17. The van der Waals surface area contributed by atoms with Gasteiger partial charge in [-0.15, -0.1) is 0 Å². The van der Waals surface area contributed by atoms with Crippen LogP contribution in [0.5, 0.6) is 0 Å². The number of hydrogen-bond acceptors (Lipinski definition) is 3. The minimum Gasteiger partial charge on any atom is -0.357 e. The maximum absolute atomic E-state index is 4.71. The molecule has 1 aromatic heterocycles. The molecule has 0 fully saturated rings. The normalized spacial score (nSPS) is 9.25. The summed E-state index contributed by atoms with van der Waals surface area (Å²) in [5, 5.41) is 6.36. The highest BCUT2D eigenvalue weighted by Crippen LogP contribution is 2.12. The van der Waals surface area contributed by atoms with Crippen LogP contribution in [-0.2, 0) is 0 Å². The first-order valence-corrected chi connectivity index (χ1v) is 2.92. The van der Waals surface area contributed by atoms with Gasteiger partial charge in [0.05, 0.1) is 0 Å². The Kier molecular flexibility index (Phi) is 1.53. The van der Waals surface area contributed by atoms with Crippen molar-refractivity contribution in [2.45, 2.75) is 0 Å². The fraction of sp³-hybridized carbons (Fsp3) is 0.250. The molecule has 8 heavy (non-hydrogen) atoms. The van der Waals surface area contributed by atoms with E-state index in [9.17, 15) is 0 Å². The van der Waals surface area contributed by atoms with Gasteiger partial charge < -0.3 is 9.84 Å². The molecule has 0 aromatic carbocycles. The zero-order chi connectivity index (χ0) is 5.98. The summed E-state index contributed by atoms with van der Waals surface area (Å²) in [6, 6.07) is 1.75. The maximum Gasteiger partial charge on any atom is 0.225 e. The zero-order valence-electron chi connectivity index (χ0n) is 4.31. The topological polar surface area (TPSA) is 38.1 Å². The van der Waals surface area contributed by atoms with Crippen LogP contribution in [0.15, 0.2) is 15.2 Å². The van der Waals surface area contributed by atoms with Gasteiger partial charge in [-0.1, -0.05) is 5.16 Å². The van der Waals surface area contributed by atoms with Crippen LogP contribution in [0, 0.1) is 0 Å². The lowest BCUT2D eigenvalue weighted by molar-refractivity contribution is 0.429. The molecule has 0 unspecified atom stereocenters. The molecule has 0 radical (unpaired) electrons. The Balaban J connectivity index is 2.84. The summed E-state index contributed by atoms with van der Waals surface area (Å²) < 4.78 is 5.42. The van der Waals surface area contributed by atoms with Gasteiger partial charge in [0.15, 0.2) is 4.60 Å². The molecule has 0 atom stereocenters. The van der Waals surface area contributed by atoms with E-state index in [2.05, 4.69) is 26.4 Å². The average Bonchev–Trinajstić information content (AvgIpc) is 2.14. The van der Waals surface area contributed by atoms with Crippen molar-refractivity contribution >= 4 is 21.8 Å². The quantitative estimate of drug-likeness (QED) is 0.705. The minimum atomic E-state index is 0.664. The summed E-state index contributed by atoms with van der Waals surface area (Å²) >= 11 is 3.13. The lowest BCUT2D eigenvalue weighted by atomic mass is 10.7. The van der Waals surface area contributed by atoms with Crippen molar-refractivity contribution in [2.75, 3.05) is 12.4 Å². The molecule has 1 rings (SSSR count). The van der Waals surface area contributed by atoms with Gasteiger partial charge in [0.2, 0.25) is 5.88 Å². The van der Waals surface area contributed by atoms with Gasteiger partial charge >= 0.3 is 0 Å². The molecular formula is C4H5BrN2O. The summed E-state index contributed by atoms with van der Waals surface area (Å²) in [6.07, 6.45) is 0. The number of aromatic nitrogens is 1. The van der Waals surface area contributed by atoms with Crippen LogP contribution in [0.3, 0.4) is 0 Å². The zero-order valence-corrected chi connectivity index (χ0v) is 5.90. The third-order valence-electron chi connectivity index (χ3n) is 0.728. The van der Waals surface area contributed by atoms with Crippen molar-refractivity contribution in [2.24, 2.45) is 0 Å². The molecule has 44 valence electrons. The van der Waals surface area contributed by atoms with Gasteiger partial charge in [0.1, 0.15) is 0 Å². The molecule has 1 N–H and O–H groups in total. The van der Waals surface area contributed by atoms with Crippen LogP contribution in [0.25, 0.3) is 0 Å². The molecule has 1 heterocycles. The monoisotopic (exact) mass is 176 g/mol. The third-order valence-corrected chi connectivity index (χ3v) is 1.10. The summed E-state index contributed by atoms with van der Waals surface area (Å²) in [4.78, 5) is 0. The highest BCUT2D eigenvalue weighted by atomic mass is 79.9. The lowest BCUT2D eigenvalue weighted by Crippen LogP contribution is -1.81. The van der Waals surface area contributed by atoms with Crippen molar-refractivity contribution < 1.29 is 4.52 Å². The number of nitrogens with zero attached hydrogens (tertiary/aromatic N) is 1.